The Balaban J connectivity index is 1.59. The van der Waals surface area contributed by atoms with Gasteiger partial charge in [0.25, 0.3) is 0 Å². The Morgan fingerprint density at radius 3 is 2.44 bits per heavy atom. The number of phenols is 1. The van der Waals surface area contributed by atoms with Crippen LogP contribution in [0.2, 0.25) is 0 Å². The van der Waals surface area contributed by atoms with E-state index in [0.717, 1.165) is 60.0 Å². The molecule has 0 unspecified atom stereocenters. The van der Waals surface area contributed by atoms with Crippen LogP contribution in [0.1, 0.15) is 16.7 Å². The van der Waals surface area contributed by atoms with Crippen molar-refractivity contribution in [3.05, 3.63) is 89.5 Å². The van der Waals surface area contributed by atoms with Gasteiger partial charge in [0.2, 0.25) is 5.91 Å². The molecule has 3 aromatic rings. The number of benzodiazepines with no additional fused rings is 1. The van der Waals surface area contributed by atoms with Crippen molar-refractivity contribution in [2.45, 2.75) is 12.5 Å². The Labute approximate surface area is 187 Å². The predicted molar refractivity (Wildman–Crippen MR) is 128 cm³/mol. The van der Waals surface area contributed by atoms with Crippen LogP contribution in [-0.2, 0) is 11.2 Å². The number of rotatable bonds is 4. The maximum Gasteiger partial charge on any atom is 0.249 e. The van der Waals surface area contributed by atoms with Crippen molar-refractivity contribution in [2.24, 2.45) is 4.99 Å². The number of fused-ring (bicyclic) bond motifs is 1. The first-order chi connectivity index (χ1) is 15.7. The molecule has 6 nitrogen and oxygen atoms in total. The van der Waals surface area contributed by atoms with Crippen molar-refractivity contribution in [3.63, 3.8) is 0 Å². The summed E-state index contributed by atoms with van der Waals surface area (Å²) in [4.78, 5) is 20.7. The number of hydrogen-bond donors (Lipinski definition) is 3. The van der Waals surface area contributed by atoms with Crippen molar-refractivity contribution in [3.8, 4) is 5.75 Å². The summed E-state index contributed by atoms with van der Waals surface area (Å²) in [5.41, 5.74) is 5.56. The van der Waals surface area contributed by atoms with Crippen LogP contribution in [-0.4, -0.2) is 48.9 Å². The van der Waals surface area contributed by atoms with Crippen LogP contribution in [0.4, 0.5) is 11.4 Å². The van der Waals surface area contributed by atoms with Crippen LogP contribution in [0.25, 0.3) is 0 Å². The second-order valence-corrected chi connectivity index (χ2v) is 8.16. The minimum absolute atomic E-state index is 0.118. The van der Waals surface area contributed by atoms with Gasteiger partial charge in [-0.25, -0.2) is 0 Å². The monoisotopic (exact) mass is 426 g/mol. The summed E-state index contributed by atoms with van der Waals surface area (Å²) >= 11 is 0. The van der Waals surface area contributed by atoms with E-state index in [4.69, 9.17) is 4.99 Å². The number of amides is 1. The molecule has 6 heteroatoms. The van der Waals surface area contributed by atoms with Crippen LogP contribution in [0.5, 0.6) is 5.75 Å². The Hall–Kier alpha value is -3.64. The van der Waals surface area contributed by atoms with Gasteiger partial charge >= 0.3 is 0 Å². The van der Waals surface area contributed by atoms with E-state index in [1.807, 2.05) is 54.6 Å². The third-order valence-corrected chi connectivity index (χ3v) is 6.00. The van der Waals surface area contributed by atoms with Gasteiger partial charge in [0.1, 0.15) is 11.8 Å². The number of phenolic OH excluding ortho intramolecular Hbond substituents is 1. The van der Waals surface area contributed by atoms with Gasteiger partial charge in [0.15, 0.2) is 0 Å². The largest absolute Gasteiger partial charge is 0.508 e. The van der Waals surface area contributed by atoms with E-state index in [1.54, 1.807) is 12.1 Å². The lowest BCUT2D eigenvalue weighted by atomic mass is 9.99. The molecule has 1 atom stereocenters. The molecular formula is C26H26N4O2. The standard InChI is InChI=1S/C26H26N4O2/c31-20-11-9-18(10-12-20)17-22-26(32)29-25-21(24(28-22)19-5-2-1-3-6-19)7-4-8-23(25)30-15-13-27-14-16-30/h1-12,22,27,31H,13-17H2,(H,29,32)/t22-/m1/s1. The van der Waals surface area contributed by atoms with Crippen molar-refractivity contribution < 1.29 is 9.90 Å². The molecule has 0 spiro atoms. The second-order valence-electron chi connectivity index (χ2n) is 8.16. The Morgan fingerprint density at radius 1 is 0.938 bits per heavy atom. The van der Waals surface area contributed by atoms with E-state index < -0.39 is 6.04 Å². The number of carbonyl (C=O) groups excluding carboxylic acids is 1. The van der Waals surface area contributed by atoms with Crippen molar-refractivity contribution in [1.82, 2.24) is 5.32 Å². The summed E-state index contributed by atoms with van der Waals surface area (Å²) in [5, 5.41) is 16.2. The third-order valence-electron chi connectivity index (χ3n) is 6.00. The van der Waals surface area contributed by atoms with Crippen LogP contribution >= 0.6 is 0 Å². The Bertz CT molecular complexity index is 1140. The first-order valence-electron chi connectivity index (χ1n) is 11.0. The van der Waals surface area contributed by atoms with Gasteiger partial charge in [-0.3, -0.25) is 9.79 Å². The van der Waals surface area contributed by atoms with Crippen molar-refractivity contribution in [1.29, 1.82) is 0 Å². The zero-order valence-corrected chi connectivity index (χ0v) is 17.8. The SMILES string of the molecule is O=C1Nc2c(cccc2N2CCNCC2)C(c2ccccc2)=N[C@@H]1Cc1ccc(O)cc1. The summed E-state index contributed by atoms with van der Waals surface area (Å²) in [7, 11) is 0. The average molecular weight is 427 g/mol. The quantitative estimate of drug-likeness (QED) is 0.599. The van der Waals surface area contributed by atoms with E-state index >= 15 is 0 Å². The number of aliphatic imine (C=N–C) groups is 1. The molecule has 0 aliphatic carbocycles. The molecule has 0 aromatic heterocycles. The van der Waals surface area contributed by atoms with E-state index in [-0.39, 0.29) is 11.7 Å². The smallest absolute Gasteiger partial charge is 0.249 e. The fourth-order valence-electron chi connectivity index (χ4n) is 4.35. The number of aromatic hydroxyl groups is 1. The molecule has 1 fully saturated rings. The van der Waals surface area contributed by atoms with Gasteiger partial charge in [-0.1, -0.05) is 54.6 Å². The number of hydrogen-bond acceptors (Lipinski definition) is 5. The van der Waals surface area contributed by atoms with Gasteiger partial charge in [-0.05, 0) is 23.8 Å². The zero-order chi connectivity index (χ0) is 21.9. The molecular weight excluding hydrogens is 400 g/mol. The highest BCUT2D eigenvalue weighted by atomic mass is 16.3. The number of nitrogens with zero attached hydrogens (tertiary/aromatic N) is 2. The number of carbonyl (C=O) groups is 1. The van der Waals surface area contributed by atoms with Crippen LogP contribution < -0.4 is 15.5 Å². The topological polar surface area (TPSA) is 77.0 Å². The van der Waals surface area contributed by atoms with Gasteiger partial charge in [0, 0.05) is 43.7 Å². The summed E-state index contributed by atoms with van der Waals surface area (Å²) in [6, 6.07) is 22.6. The molecule has 2 aliphatic heterocycles. The number of piperazine rings is 1. The zero-order valence-electron chi connectivity index (χ0n) is 17.8. The number of anilines is 2. The van der Waals surface area contributed by atoms with E-state index in [1.165, 1.54) is 0 Å². The number of nitrogens with one attached hydrogen (secondary N) is 2. The predicted octanol–water partition coefficient (Wildman–Crippen LogP) is 3.20. The average Bonchev–Trinajstić information content (AvgIpc) is 2.98. The Kier molecular flexibility index (Phi) is 5.60. The molecule has 32 heavy (non-hydrogen) atoms. The molecule has 1 saturated heterocycles. The second kappa shape index (κ2) is 8.85. The molecule has 2 aliphatic rings. The Morgan fingerprint density at radius 2 is 1.69 bits per heavy atom. The molecule has 0 radical (unpaired) electrons. The fourth-order valence-corrected chi connectivity index (χ4v) is 4.35. The third kappa shape index (κ3) is 4.09. The minimum Gasteiger partial charge on any atom is -0.508 e. The molecule has 5 rings (SSSR count). The number of para-hydroxylation sites is 1. The fraction of sp³-hybridized carbons (Fsp3) is 0.231. The highest BCUT2D eigenvalue weighted by Crippen LogP contribution is 2.34. The molecule has 3 aromatic carbocycles. The summed E-state index contributed by atoms with van der Waals surface area (Å²) in [6.45, 7) is 3.61. The van der Waals surface area contributed by atoms with Gasteiger partial charge in [-0.2, -0.15) is 0 Å². The lowest BCUT2D eigenvalue weighted by molar-refractivity contribution is -0.117. The van der Waals surface area contributed by atoms with Crippen LogP contribution in [0, 0.1) is 0 Å². The maximum atomic E-state index is 13.4. The van der Waals surface area contributed by atoms with E-state index in [0.29, 0.717) is 6.42 Å². The van der Waals surface area contributed by atoms with Crippen molar-refractivity contribution in [2.75, 3.05) is 36.4 Å². The van der Waals surface area contributed by atoms with Gasteiger partial charge in [-0.15, -0.1) is 0 Å². The molecule has 3 N–H and O–H groups in total. The summed E-state index contributed by atoms with van der Waals surface area (Å²) < 4.78 is 0. The number of benzene rings is 3. The van der Waals surface area contributed by atoms with E-state index in [2.05, 4.69) is 21.6 Å². The van der Waals surface area contributed by atoms with Crippen LogP contribution in [0.3, 0.4) is 0 Å². The lowest BCUT2D eigenvalue weighted by Crippen LogP contribution is -2.44. The highest BCUT2D eigenvalue weighted by Gasteiger charge is 2.29. The molecule has 162 valence electrons. The maximum absolute atomic E-state index is 13.4. The minimum atomic E-state index is -0.571. The molecule has 0 bridgehead atoms. The molecule has 2 heterocycles. The first kappa shape index (κ1) is 20.3. The highest BCUT2D eigenvalue weighted by molar-refractivity contribution is 6.21. The van der Waals surface area contributed by atoms with E-state index in [9.17, 15) is 9.90 Å². The normalized spacial score (nSPS) is 18.4. The van der Waals surface area contributed by atoms with Gasteiger partial charge < -0.3 is 20.6 Å². The first-order valence-corrected chi connectivity index (χ1v) is 11.0. The molecule has 0 saturated carbocycles. The summed E-state index contributed by atoms with van der Waals surface area (Å²) in [5.74, 6) is 0.0912. The van der Waals surface area contributed by atoms with Gasteiger partial charge in [0.05, 0.1) is 17.1 Å². The summed E-state index contributed by atoms with van der Waals surface area (Å²) in [6.07, 6.45) is 0.458. The van der Waals surface area contributed by atoms with Crippen molar-refractivity contribution >= 4 is 23.0 Å². The van der Waals surface area contributed by atoms with Crippen LogP contribution in [0.15, 0.2) is 77.8 Å². The lowest BCUT2D eigenvalue weighted by Gasteiger charge is -2.31. The molecule has 1 amide bonds.